The summed E-state index contributed by atoms with van der Waals surface area (Å²) in [6, 6.07) is 0. The number of hydrogen-bond acceptors (Lipinski definition) is 6. The fraction of sp³-hybridized carbons (Fsp3) is 0.828. The Labute approximate surface area is 208 Å². The van der Waals surface area contributed by atoms with E-state index in [1.807, 2.05) is 13.0 Å². The van der Waals surface area contributed by atoms with Crippen molar-refractivity contribution in [1.29, 1.82) is 0 Å². The summed E-state index contributed by atoms with van der Waals surface area (Å²) in [4.78, 5) is 37.7. The van der Waals surface area contributed by atoms with Crippen molar-refractivity contribution in [3.63, 3.8) is 0 Å². The molecule has 4 saturated carbocycles. The van der Waals surface area contributed by atoms with Crippen molar-refractivity contribution < 1.29 is 29.3 Å². The molecule has 2 N–H and O–H groups in total. The van der Waals surface area contributed by atoms with Crippen LogP contribution in [0.15, 0.2) is 11.6 Å². The van der Waals surface area contributed by atoms with E-state index in [4.69, 9.17) is 4.74 Å². The molecule has 5 aliphatic carbocycles. The molecule has 0 aromatic carbocycles. The maximum absolute atomic E-state index is 13.3. The highest BCUT2D eigenvalue weighted by molar-refractivity contribution is 5.92. The first-order valence-corrected chi connectivity index (χ1v) is 13.9. The van der Waals surface area contributed by atoms with Crippen molar-refractivity contribution in [1.82, 2.24) is 0 Å². The second-order valence-electron chi connectivity index (χ2n) is 12.7. The van der Waals surface area contributed by atoms with Crippen LogP contribution in [0.5, 0.6) is 0 Å². The third kappa shape index (κ3) is 4.03. The predicted octanol–water partition coefficient (Wildman–Crippen LogP) is 4.30. The van der Waals surface area contributed by atoms with Gasteiger partial charge in [0, 0.05) is 18.3 Å². The topological polar surface area (TPSA) is 101 Å². The zero-order chi connectivity index (χ0) is 25.0. The molecule has 35 heavy (non-hydrogen) atoms. The molecule has 0 aromatic rings. The van der Waals surface area contributed by atoms with Crippen LogP contribution in [-0.2, 0) is 19.1 Å². The summed E-state index contributed by atoms with van der Waals surface area (Å²) in [6.45, 7) is 3.77. The van der Waals surface area contributed by atoms with E-state index < -0.39 is 22.9 Å². The van der Waals surface area contributed by atoms with Gasteiger partial charge in [-0.15, -0.1) is 0 Å². The molecule has 4 fully saturated rings. The average Bonchev–Trinajstić information content (AvgIpc) is 3.43. The van der Waals surface area contributed by atoms with E-state index >= 15 is 0 Å². The number of fused-ring (bicyclic) bond motifs is 5. The van der Waals surface area contributed by atoms with E-state index in [9.17, 15) is 24.6 Å². The minimum absolute atomic E-state index is 0.0412. The standard InChI is InChI=1S/C29H42O6/c1-27-13-11-20(30)15-19(27)8-9-21-22-12-14-29(34,28(22,2)16-23(31)26(21)27)24(32)17-35-25(33)10-7-18-5-3-4-6-18/h15,18,21-23,26,31,34H,3-14,16-17H2,1-2H3/t21?,22?,23?,26?,27-,28-,29-/m0/s1. The van der Waals surface area contributed by atoms with Crippen LogP contribution in [0.2, 0.25) is 0 Å². The molecule has 0 saturated heterocycles. The molecular weight excluding hydrogens is 444 g/mol. The Balaban J connectivity index is 1.28. The Morgan fingerprint density at radius 1 is 1.09 bits per heavy atom. The number of ether oxygens (including phenoxy) is 1. The highest BCUT2D eigenvalue weighted by Crippen LogP contribution is 2.67. The van der Waals surface area contributed by atoms with Crippen LogP contribution in [-0.4, -0.2) is 46.1 Å². The lowest BCUT2D eigenvalue weighted by Crippen LogP contribution is -2.62. The van der Waals surface area contributed by atoms with Gasteiger partial charge in [-0.05, 0) is 80.1 Å². The summed E-state index contributed by atoms with van der Waals surface area (Å²) in [7, 11) is 0. The van der Waals surface area contributed by atoms with Crippen molar-refractivity contribution in [3.8, 4) is 0 Å². The SMILES string of the molecule is C[C@]12CCC(=O)C=C1CCC1C2C(O)C[C@@]2(C)C1CC[C@]2(O)C(=O)COC(=O)CCC1CCCC1. The number of aliphatic hydroxyl groups excluding tert-OH is 1. The molecule has 0 aliphatic heterocycles. The normalized spacial score (nSPS) is 43.2. The molecule has 4 unspecified atom stereocenters. The maximum atomic E-state index is 13.3. The molecule has 0 amide bonds. The van der Waals surface area contributed by atoms with Crippen LogP contribution in [0.25, 0.3) is 0 Å². The molecule has 0 heterocycles. The van der Waals surface area contributed by atoms with E-state index in [0.717, 1.165) is 32.1 Å². The van der Waals surface area contributed by atoms with Gasteiger partial charge in [-0.2, -0.15) is 0 Å². The van der Waals surface area contributed by atoms with Gasteiger partial charge in [0.2, 0.25) is 5.78 Å². The summed E-state index contributed by atoms with van der Waals surface area (Å²) < 4.78 is 5.35. The van der Waals surface area contributed by atoms with Crippen molar-refractivity contribution in [3.05, 3.63) is 11.6 Å². The molecule has 0 radical (unpaired) electrons. The number of hydrogen-bond donors (Lipinski definition) is 2. The van der Waals surface area contributed by atoms with Crippen LogP contribution in [0, 0.1) is 34.5 Å². The molecule has 0 spiro atoms. The van der Waals surface area contributed by atoms with Gasteiger partial charge in [-0.1, -0.05) is 45.1 Å². The molecule has 5 rings (SSSR count). The average molecular weight is 487 g/mol. The van der Waals surface area contributed by atoms with E-state index in [1.165, 1.54) is 31.3 Å². The Hall–Kier alpha value is -1.53. The Morgan fingerprint density at radius 3 is 2.57 bits per heavy atom. The predicted molar refractivity (Wildman–Crippen MR) is 130 cm³/mol. The highest BCUT2D eigenvalue weighted by atomic mass is 16.5. The van der Waals surface area contributed by atoms with E-state index in [0.29, 0.717) is 31.6 Å². The zero-order valence-corrected chi connectivity index (χ0v) is 21.4. The second-order valence-corrected chi connectivity index (χ2v) is 12.7. The van der Waals surface area contributed by atoms with Gasteiger partial charge in [0.25, 0.3) is 0 Å². The van der Waals surface area contributed by atoms with Crippen molar-refractivity contribution >= 4 is 17.5 Å². The van der Waals surface area contributed by atoms with Gasteiger partial charge in [-0.3, -0.25) is 14.4 Å². The third-order valence-corrected chi connectivity index (χ3v) is 11.1. The number of carbonyl (C=O) groups is 3. The number of allylic oxidation sites excluding steroid dienone is 1. The molecule has 7 atom stereocenters. The van der Waals surface area contributed by atoms with Crippen molar-refractivity contribution in [2.45, 2.75) is 109 Å². The lowest BCUT2D eigenvalue weighted by molar-refractivity contribution is -0.184. The summed E-state index contributed by atoms with van der Waals surface area (Å²) >= 11 is 0. The molecule has 0 aromatic heterocycles. The first kappa shape index (κ1) is 25.1. The molecule has 6 nitrogen and oxygen atoms in total. The minimum atomic E-state index is -1.59. The molecule has 0 bridgehead atoms. The number of aliphatic hydroxyl groups is 2. The molecule has 6 heteroatoms. The summed E-state index contributed by atoms with van der Waals surface area (Å²) in [5, 5.41) is 23.2. The van der Waals surface area contributed by atoms with Crippen molar-refractivity contribution in [2.75, 3.05) is 6.61 Å². The fourth-order valence-corrected chi connectivity index (χ4v) is 9.11. The lowest BCUT2D eigenvalue weighted by Gasteiger charge is -2.60. The number of rotatable bonds is 6. The van der Waals surface area contributed by atoms with Crippen LogP contribution in [0.1, 0.15) is 97.3 Å². The lowest BCUT2D eigenvalue weighted by atomic mass is 9.45. The van der Waals surface area contributed by atoms with Crippen LogP contribution in [0.4, 0.5) is 0 Å². The quantitative estimate of drug-likeness (QED) is 0.543. The van der Waals surface area contributed by atoms with Gasteiger partial charge in [0.15, 0.2) is 12.4 Å². The number of Topliss-reactive ketones (excluding diaryl/α,β-unsaturated/α-hetero) is 1. The van der Waals surface area contributed by atoms with Gasteiger partial charge in [-0.25, -0.2) is 0 Å². The summed E-state index contributed by atoms with van der Waals surface area (Å²) in [5.74, 6) is 0.360. The van der Waals surface area contributed by atoms with Crippen molar-refractivity contribution in [2.24, 2.45) is 34.5 Å². The third-order valence-electron chi connectivity index (χ3n) is 11.1. The number of ketones is 2. The summed E-state index contributed by atoms with van der Waals surface area (Å²) in [6.07, 6.45) is 11.5. The largest absolute Gasteiger partial charge is 0.458 e. The molecule has 5 aliphatic rings. The van der Waals surface area contributed by atoms with Crippen LogP contribution in [0.3, 0.4) is 0 Å². The van der Waals surface area contributed by atoms with Crippen LogP contribution < -0.4 is 0 Å². The van der Waals surface area contributed by atoms with E-state index in [2.05, 4.69) is 6.92 Å². The number of esters is 1. The number of carbonyl (C=O) groups excluding carboxylic acids is 3. The van der Waals surface area contributed by atoms with Crippen LogP contribution >= 0.6 is 0 Å². The molecular formula is C29H42O6. The highest BCUT2D eigenvalue weighted by Gasteiger charge is 2.68. The van der Waals surface area contributed by atoms with Gasteiger partial charge in [0.05, 0.1) is 6.10 Å². The first-order valence-electron chi connectivity index (χ1n) is 13.9. The van der Waals surface area contributed by atoms with E-state index in [-0.39, 0.29) is 41.5 Å². The first-order chi connectivity index (χ1) is 16.6. The summed E-state index contributed by atoms with van der Waals surface area (Å²) in [5.41, 5.74) is -1.36. The van der Waals surface area contributed by atoms with Gasteiger partial charge >= 0.3 is 5.97 Å². The maximum Gasteiger partial charge on any atom is 0.306 e. The minimum Gasteiger partial charge on any atom is -0.458 e. The van der Waals surface area contributed by atoms with Gasteiger partial charge < -0.3 is 14.9 Å². The molecule has 194 valence electrons. The smallest absolute Gasteiger partial charge is 0.306 e. The Bertz CT molecular complexity index is 918. The Kier molecular flexibility index (Phi) is 6.53. The van der Waals surface area contributed by atoms with E-state index in [1.54, 1.807) is 0 Å². The monoisotopic (exact) mass is 486 g/mol. The van der Waals surface area contributed by atoms with Gasteiger partial charge in [0.1, 0.15) is 5.60 Å². The fourth-order valence-electron chi connectivity index (χ4n) is 9.11. The second kappa shape index (κ2) is 9.09. The Morgan fingerprint density at radius 2 is 1.83 bits per heavy atom. The zero-order valence-electron chi connectivity index (χ0n) is 21.4.